The molecule has 0 aliphatic heterocycles. The Balaban J connectivity index is 1.66. The van der Waals surface area contributed by atoms with Crippen LogP contribution in [0.3, 0.4) is 0 Å². The van der Waals surface area contributed by atoms with Crippen LogP contribution in [0.5, 0.6) is 0 Å². The SMILES string of the molecule is Cc1nc(C2CCCCC2)ncc1CNC1CC1. The van der Waals surface area contributed by atoms with Crippen molar-refractivity contribution in [3.63, 3.8) is 0 Å². The lowest BCUT2D eigenvalue weighted by atomic mass is 9.88. The fraction of sp³-hybridized carbons (Fsp3) is 0.733. The van der Waals surface area contributed by atoms with Gasteiger partial charge in [0.2, 0.25) is 0 Å². The van der Waals surface area contributed by atoms with Crippen molar-refractivity contribution in [2.75, 3.05) is 0 Å². The van der Waals surface area contributed by atoms with Crippen molar-refractivity contribution in [3.05, 3.63) is 23.3 Å². The second-order valence-corrected chi connectivity index (χ2v) is 5.83. The Morgan fingerprint density at radius 2 is 1.94 bits per heavy atom. The number of hydrogen-bond donors (Lipinski definition) is 1. The minimum absolute atomic E-state index is 0.614. The molecular weight excluding hydrogens is 222 g/mol. The molecule has 0 unspecified atom stereocenters. The Bertz CT molecular complexity index is 406. The molecule has 3 rings (SSSR count). The molecule has 0 atom stereocenters. The molecule has 2 fully saturated rings. The van der Waals surface area contributed by atoms with Crippen LogP contribution in [0.2, 0.25) is 0 Å². The fourth-order valence-corrected chi connectivity index (χ4v) is 2.78. The van der Waals surface area contributed by atoms with Crippen molar-refractivity contribution in [1.29, 1.82) is 0 Å². The summed E-state index contributed by atoms with van der Waals surface area (Å²) in [5.41, 5.74) is 2.43. The van der Waals surface area contributed by atoms with Crippen LogP contribution in [0.25, 0.3) is 0 Å². The maximum Gasteiger partial charge on any atom is 0.131 e. The molecule has 3 nitrogen and oxygen atoms in total. The van der Waals surface area contributed by atoms with Gasteiger partial charge < -0.3 is 5.32 Å². The van der Waals surface area contributed by atoms with E-state index in [-0.39, 0.29) is 0 Å². The van der Waals surface area contributed by atoms with E-state index >= 15 is 0 Å². The summed E-state index contributed by atoms with van der Waals surface area (Å²) in [6.07, 6.45) is 11.3. The van der Waals surface area contributed by atoms with Crippen LogP contribution in [0.15, 0.2) is 6.20 Å². The molecule has 1 N–H and O–H groups in total. The minimum atomic E-state index is 0.614. The molecule has 1 aromatic heterocycles. The molecule has 0 spiro atoms. The summed E-state index contributed by atoms with van der Waals surface area (Å²) >= 11 is 0. The minimum Gasteiger partial charge on any atom is -0.310 e. The van der Waals surface area contributed by atoms with E-state index in [9.17, 15) is 0 Å². The van der Waals surface area contributed by atoms with E-state index in [0.29, 0.717) is 5.92 Å². The first-order valence-corrected chi connectivity index (χ1v) is 7.39. The van der Waals surface area contributed by atoms with Gasteiger partial charge in [0.05, 0.1) is 0 Å². The molecule has 0 bridgehead atoms. The summed E-state index contributed by atoms with van der Waals surface area (Å²) in [7, 11) is 0. The predicted molar refractivity (Wildman–Crippen MR) is 72.5 cm³/mol. The highest BCUT2D eigenvalue weighted by atomic mass is 15.0. The van der Waals surface area contributed by atoms with E-state index in [1.54, 1.807) is 0 Å². The van der Waals surface area contributed by atoms with Gasteiger partial charge in [0, 0.05) is 36.0 Å². The highest BCUT2D eigenvalue weighted by Gasteiger charge is 2.21. The summed E-state index contributed by atoms with van der Waals surface area (Å²) in [5.74, 6) is 1.70. The number of nitrogens with one attached hydrogen (secondary N) is 1. The van der Waals surface area contributed by atoms with Crippen LogP contribution < -0.4 is 5.32 Å². The summed E-state index contributed by atoms with van der Waals surface area (Å²) in [5, 5.41) is 3.53. The van der Waals surface area contributed by atoms with Gasteiger partial charge in [-0.3, -0.25) is 0 Å². The Labute approximate surface area is 109 Å². The van der Waals surface area contributed by atoms with Crippen LogP contribution in [0.4, 0.5) is 0 Å². The van der Waals surface area contributed by atoms with Gasteiger partial charge in [0.15, 0.2) is 0 Å². The lowest BCUT2D eigenvalue weighted by Crippen LogP contribution is -2.18. The van der Waals surface area contributed by atoms with Crippen LogP contribution in [0.1, 0.15) is 67.9 Å². The smallest absolute Gasteiger partial charge is 0.131 e. The molecule has 98 valence electrons. The highest BCUT2D eigenvalue weighted by Crippen LogP contribution is 2.30. The van der Waals surface area contributed by atoms with E-state index in [1.807, 2.05) is 6.20 Å². The second kappa shape index (κ2) is 5.35. The Morgan fingerprint density at radius 1 is 1.17 bits per heavy atom. The molecule has 2 aliphatic rings. The molecule has 18 heavy (non-hydrogen) atoms. The maximum atomic E-state index is 4.74. The monoisotopic (exact) mass is 245 g/mol. The molecule has 0 radical (unpaired) electrons. The average Bonchev–Trinajstić information content (AvgIpc) is 3.22. The molecule has 0 aromatic carbocycles. The van der Waals surface area contributed by atoms with Crippen molar-refractivity contribution in [2.45, 2.75) is 70.4 Å². The molecule has 0 saturated heterocycles. The standard InChI is InChI=1S/C15H23N3/c1-11-13(9-16-14-7-8-14)10-17-15(18-11)12-5-3-2-4-6-12/h10,12,14,16H,2-9H2,1H3. The van der Waals surface area contributed by atoms with Crippen molar-refractivity contribution >= 4 is 0 Å². The van der Waals surface area contributed by atoms with Gasteiger partial charge in [-0.25, -0.2) is 9.97 Å². The Morgan fingerprint density at radius 3 is 2.61 bits per heavy atom. The summed E-state index contributed by atoms with van der Waals surface area (Å²) in [6.45, 7) is 3.05. The first-order chi connectivity index (χ1) is 8.83. The third-order valence-corrected chi connectivity index (χ3v) is 4.23. The van der Waals surface area contributed by atoms with Crippen molar-refractivity contribution in [3.8, 4) is 0 Å². The number of aryl methyl sites for hydroxylation is 1. The number of rotatable bonds is 4. The van der Waals surface area contributed by atoms with Gasteiger partial charge in [-0.2, -0.15) is 0 Å². The quantitative estimate of drug-likeness (QED) is 0.885. The predicted octanol–water partition coefficient (Wildman–Crippen LogP) is 3.08. The molecule has 2 aliphatic carbocycles. The third kappa shape index (κ3) is 2.89. The van der Waals surface area contributed by atoms with Crippen LogP contribution in [-0.2, 0) is 6.54 Å². The highest BCUT2D eigenvalue weighted by molar-refractivity contribution is 5.17. The first-order valence-electron chi connectivity index (χ1n) is 7.39. The zero-order valence-electron chi connectivity index (χ0n) is 11.3. The Hall–Kier alpha value is -0.960. The van der Waals surface area contributed by atoms with Crippen LogP contribution in [-0.4, -0.2) is 16.0 Å². The second-order valence-electron chi connectivity index (χ2n) is 5.83. The Kier molecular flexibility index (Phi) is 3.59. The van der Waals surface area contributed by atoms with E-state index in [0.717, 1.165) is 18.4 Å². The lowest BCUT2D eigenvalue weighted by molar-refractivity contribution is 0.427. The summed E-state index contributed by atoms with van der Waals surface area (Å²) < 4.78 is 0. The zero-order valence-corrected chi connectivity index (χ0v) is 11.3. The summed E-state index contributed by atoms with van der Waals surface area (Å²) in [6, 6.07) is 0.752. The van der Waals surface area contributed by atoms with Gasteiger partial charge in [-0.05, 0) is 32.6 Å². The molecule has 1 heterocycles. The van der Waals surface area contributed by atoms with E-state index in [4.69, 9.17) is 4.98 Å². The number of hydrogen-bond acceptors (Lipinski definition) is 3. The van der Waals surface area contributed by atoms with E-state index in [2.05, 4.69) is 17.2 Å². The van der Waals surface area contributed by atoms with Gasteiger partial charge in [0.25, 0.3) is 0 Å². The van der Waals surface area contributed by atoms with Crippen molar-refractivity contribution < 1.29 is 0 Å². The first kappa shape index (κ1) is 12.1. The van der Waals surface area contributed by atoms with Crippen molar-refractivity contribution in [2.24, 2.45) is 0 Å². The molecular formula is C15H23N3. The zero-order chi connectivity index (χ0) is 12.4. The molecule has 3 heteroatoms. The van der Waals surface area contributed by atoms with E-state index < -0.39 is 0 Å². The van der Waals surface area contributed by atoms with Gasteiger partial charge >= 0.3 is 0 Å². The van der Waals surface area contributed by atoms with Crippen LogP contribution in [0, 0.1) is 6.92 Å². The van der Waals surface area contributed by atoms with Crippen LogP contribution >= 0.6 is 0 Å². The number of aromatic nitrogens is 2. The average molecular weight is 245 g/mol. The normalized spacial score (nSPS) is 21.2. The van der Waals surface area contributed by atoms with Crippen molar-refractivity contribution in [1.82, 2.24) is 15.3 Å². The number of nitrogens with zero attached hydrogens (tertiary/aromatic N) is 2. The van der Waals surface area contributed by atoms with E-state index in [1.165, 1.54) is 56.2 Å². The molecule has 0 amide bonds. The maximum absolute atomic E-state index is 4.74. The third-order valence-electron chi connectivity index (χ3n) is 4.23. The van der Waals surface area contributed by atoms with Gasteiger partial charge in [0.1, 0.15) is 5.82 Å². The topological polar surface area (TPSA) is 37.8 Å². The summed E-state index contributed by atoms with van der Waals surface area (Å²) in [4.78, 5) is 9.35. The molecule has 2 saturated carbocycles. The fourth-order valence-electron chi connectivity index (χ4n) is 2.78. The van der Waals surface area contributed by atoms with Gasteiger partial charge in [-0.1, -0.05) is 19.3 Å². The van der Waals surface area contributed by atoms with Gasteiger partial charge in [-0.15, -0.1) is 0 Å². The lowest BCUT2D eigenvalue weighted by Gasteiger charge is -2.20. The largest absolute Gasteiger partial charge is 0.310 e. The molecule has 1 aromatic rings.